The Morgan fingerprint density at radius 1 is 1.20 bits per heavy atom. The van der Waals surface area contributed by atoms with Gasteiger partial charge in [-0.2, -0.15) is 0 Å². The number of hydrogen-bond acceptors (Lipinski definition) is 1. The largest absolute Gasteiger partial charge is 0.295 e. The first-order valence-corrected chi connectivity index (χ1v) is 5.03. The number of hydrogen-bond donors (Lipinski definition) is 0. The molecule has 0 saturated carbocycles. The minimum atomic E-state index is 0.102. The van der Waals surface area contributed by atoms with Crippen molar-refractivity contribution in [1.29, 1.82) is 0 Å². The number of ketones is 1. The van der Waals surface area contributed by atoms with Crippen LogP contribution in [0.5, 0.6) is 0 Å². The Hall–Kier alpha value is -1.63. The standard InChI is InChI=1S/C14H16O/c1-4-6-12-8-9-13(11(3)15)10-14(12)7-5-2/h4-5,8-10H,1-2,6-7H2,3H3. The highest BCUT2D eigenvalue weighted by atomic mass is 16.1. The van der Waals surface area contributed by atoms with Gasteiger partial charge in [-0.05, 0) is 37.0 Å². The zero-order chi connectivity index (χ0) is 11.3. The summed E-state index contributed by atoms with van der Waals surface area (Å²) in [5.74, 6) is 0.102. The molecule has 0 saturated heterocycles. The summed E-state index contributed by atoms with van der Waals surface area (Å²) < 4.78 is 0. The summed E-state index contributed by atoms with van der Waals surface area (Å²) in [5.41, 5.74) is 3.15. The van der Waals surface area contributed by atoms with Crippen LogP contribution in [0.3, 0.4) is 0 Å². The van der Waals surface area contributed by atoms with Crippen LogP contribution in [0.15, 0.2) is 43.5 Å². The first-order valence-electron chi connectivity index (χ1n) is 5.03. The summed E-state index contributed by atoms with van der Waals surface area (Å²) in [6.07, 6.45) is 5.35. The molecule has 0 unspecified atom stereocenters. The molecule has 0 bridgehead atoms. The molecule has 0 amide bonds. The van der Waals surface area contributed by atoms with Crippen LogP contribution in [-0.4, -0.2) is 5.78 Å². The van der Waals surface area contributed by atoms with Crippen LogP contribution in [0.25, 0.3) is 0 Å². The third kappa shape index (κ3) is 2.91. The molecule has 0 aliphatic heterocycles. The normalized spacial score (nSPS) is 9.67. The van der Waals surface area contributed by atoms with Crippen LogP contribution in [0.4, 0.5) is 0 Å². The fraction of sp³-hybridized carbons (Fsp3) is 0.214. The summed E-state index contributed by atoms with van der Waals surface area (Å²) in [7, 11) is 0. The second kappa shape index (κ2) is 5.30. The van der Waals surface area contributed by atoms with Crippen molar-refractivity contribution < 1.29 is 4.79 Å². The van der Waals surface area contributed by atoms with E-state index in [1.807, 2.05) is 30.4 Å². The molecule has 0 N–H and O–H groups in total. The van der Waals surface area contributed by atoms with Crippen LogP contribution < -0.4 is 0 Å². The quantitative estimate of drug-likeness (QED) is 0.526. The lowest BCUT2D eigenvalue weighted by Gasteiger charge is -2.07. The zero-order valence-electron chi connectivity index (χ0n) is 9.12. The lowest BCUT2D eigenvalue weighted by atomic mass is 9.98. The Kier molecular flexibility index (Phi) is 4.04. The minimum Gasteiger partial charge on any atom is -0.295 e. The van der Waals surface area contributed by atoms with Crippen LogP contribution in [-0.2, 0) is 12.8 Å². The molecule has 1 heteroatoms. The SMILES string of the molecule is C=CCc1ccc(C(C)=O)cc1CC=C. The fourth-order valence-electron chi connectivity index (χ4n) is 1.55. The van der Waals surface area contributed by atoms with Crippen molar-refractivity contribution in [2.45, 2.75) is 19.8 Å². The maximum atomic E-state index is 11.2. The molecule has 78 valence electrons. The highest BCUT2D eigenvalue weighted by Crippen LogP contribution is 2.15. The monoisotopic (exact) mass is 200 g/mol. The Balaban J connectivity index is 3.13. The number of carbonyl (C=O) groups is 1. The summed E-state index contributed by atoms with van der Waals surface area (Å²) in [5, 5.41) is 0. The molecular weight excluding hydrogens is 184 g/mol. The number of carbonyl (C=O) groups excluding carboxylic acids is 1. The lowest BCUT2D eigenvalue weighted by Crippen LogP contribution is -1.98. The Morgan fingerprint density at radius 2 is 1.80 bits per heavy atom. The zero-order valence-corrected chi connectivity index (χ0v) is 9.12. The molecule has 1 rings (SSSR count). The molecule has 0 heterocycles. The van der Waals surface area contributed by atoms with Gasteiger partial charge in [-0.3, -0.25) is 4.79 Å². The van der Waals surface area contributed by atoms with E-state index >= 15 is 0 Å². The predicted molar refractivity (Wildman–Crippen MR) is 64.2 cm³/mol. The summed E-state index contributed by atoms with van der Waals surface area (Å²) in [6.45, 7) is 9.03. The summed E-state index contributed by atoms with van der Waals surface area (Å²) in [4.78, 5) is 11.2. The topological polar surface area (TPSA) is 17.1 Å². The van der Waals surface area contributed by atoms with Crippen molar-refractivity contribution in [3.63, 3.8) is 0 Å². The molecule has 0 aliphatic rings. The highest BCUT2D eigenvalue weighted by molar-refractivity contribution is 5.94. The third-order valence-electron chi connectivity index (χ3n) is 2.34. The van der Waals surface area contributed by atoms with E-state index in [1.165, 1.54) is 5.56 Å². The van der Waals surface area contributed by atoms with Crippen molar-refractivity contribution in [2.75, 3.05) is 0 Å². The van der Waals surface area contributed by atoms with Crippen molar-refractivity contribution in [1.82, 2.24) is 0 Å². The highest BCUT2D eigenvalue weighted by Gasteiger charge is 2.04. The second-order valence-electron chi connectivity index (χ2n) is 3.53. The molecule has 1 aromatic carbocycles. The molecular formula is C14H16O. The summed E-state index contributed by atoms with van der Waals surface area (Å²) >= 11 is 0. The van der Waals surface area contributed by atoms with E-state index in [4.69, 9.17) is 0 Å². The number of rotatable bonds is 5. The first kappa shape index (κ1) is 11.4. The summed E-state index contributed by atoms with van der Waals surface area (Å²) in [6, 6.07) is 5.81. The molecule has 15 heavy (non-hydrogen) atoms. The molecule has 0 fully saturated rings. The molecule has 0 aromatic heterocycles. The van der Waals surface area contributed by atoms with Gasteiger partial charge in [-0.25, -0.2) is 0 Å². The Morgan fingerprint density at radius 3 is 2.33 bits per heavy atom. The van der Waals surface area contributed by atoms with E-state index in [9.17, 15) is 4.79 Å². The maximum absolute atomic E-state index is 11.2. The maximum Gasteiger partial charge on any atom is 0.159 e. The molecule has 0 aliphatic carbocycles. The molecule has 0 radical (unpaired) electrons. The number of allylic oxidation sites excluding steroid dienone is 2. The van der Waals surface area contributed by atoms with Gasteiger partial charge in [-0.1, -0.05) is 24.3 Å². The van der Waals surface area contributed by atoms with E-state index in [2.05, 4.69) is 13.2 Å². The van der Waals surface area contributed by atoms with Crippen LogP contribution in [0.1, 0.15) is 28.4 Å². The Labute approximate surface area is 91.1 Å². The van der Waals surface area contributed by atoms with E-state index in [-0.39, 0.29) is 5.78 Å². The first-order chi connectivity index (χ1) is 7.19. The molecule has 0 atom stereocenters. The van der Waals surface area contributed by atoms with Crippen molar-refractivity contribution in [3.05, 3.63) is 60.2 Å². The van der Waals surface area contributed by atoms with E-state index < -0.39 is 0 Å². The van der Waals surface area contributed by atoms with Crippen molar-refractivity contribution >= 4 is 5.78 Å². The van der Waals surface area contributed by atoms with Crippen LogP contribution in [0.2, 0.25) is 0 Å². The second-order valence-corrected chi connectivity index (χ2v) is 3.53. The van der Waals surface area contributed by atoms with Gasteiger partial charge in [0.2, 0.25) is 0 Å². The smallest absolute Gasteiger partial charge is 0.159 e. The lowest BCUT2D eigenvalue weighted by molar-refractivity contribution is 0.101. The van der Waals surface area contributed by atoms with Gasteiger partial charge in [0.05, 0.1) is 0 Å². The Bertz CT molecular complexity index is 388. The minimum absolute atomic E-state index is 0.102. The van der Waals surface area contributed by atoms with E-state index in [0.29, 0.717) is 0 Å². The van der Waals surface area contributed by atoms with Crippen LogP contribution >= 0.6 is 0 Å². The van der Waals surface area contributed by atoms with Crippen molar-refractivity contribution in [3.8, 4) is 0 Å². The van der Waals surface area contributed by atoms with Crippen LogP contribution in [0, 0.1) is 0 Å². The van der Waals surface area contributed by atoms with E-state index in [0.717, 1.165) is 24.0 Å². The van der Waals surface area contributed by atoms with Gasteiger partial charge in [0.1, 0.15) is 0 Å². The predicted octanol–water partition coefficient (Wildman–Crippen LogP) is 3.35. The van der Waals surface area contributed by atoms with Gasteiger partial charge in [0, 0.05) is 5.56 Å². The average molecular weight is 200 g/mol. The van der Waals surface area contributed by atoms with E-state index in [1.54, 1.807) is 6.92 Å². The molecule has 1 nitrogen and oxygen atoms in total. The average Bonchev–Trinajstić information content (AvgIpc) is 2.21. The number of Topliss-reactive ketones (excluding diaryl/α,β-unsaturated/α-hetero) is 1. The van der Waals surface area contributed by atoms with Gasteiger partial charge in [0.15, 0.2) is 5.78 Å². The number of benzene rings is 1. The van der Waals surface area contributed by atoms with Gasteiger partial charge < -0.3 is 0 Å². The third-order valence-corrected chi connectivity index (χ3v) is 2.34. The van der Waals surface area contributed by atoms with Gasteiger partial charge >= 0.3 is 0 Å². The molecule has 1 aromatic rings. The van der Waals surface area contributed by atoms with Gasteiger partial charge in [-0.15, -0.1) is 13.2 Å². The van der Waals surface area contributed by atoms with Gasteiger partial charge in [0.25, 0.3) is 0 Å². The van der Waals surface area contributed by atoms with Crippen molar-refractivity contribution in [2.24, 2.45) is 0 Å². The fourth-order valence-corrected chi connectivity index (χ4v) is 1.55. The molecule has 0 spiro atoms.